The molecule has 0 aromatic heterocycles. The number of hydrogen-bond donors (Lipinski definition) is 1. The third kappa shape index (κ3) is 5.62. The van der Waals surface area contributed by atoms with Crippen LogP contribution in [0.1, 0.15) is 51.2 Å². The zero-order valence-corrected chi connectivity index (χ0v) is 15.7. The van der Waals surface area contributed by atoms with Crippen LogP contribution >= 0.6 is 0 Å². The molecule has 0 atom stereocenters. The average Bonchev–Trinajstić information content (AvgIpc) is 2.38. The van der Waals surface area contributed by atoms with E-state index in [1.807, 2.05) is 25.1 Å². The van der Waals surface area contributed by atoms with Crippen LogP contribution < -0.4 is 5.32 Å². The van der Waals surface area contributed by atoms with Crippen LogP contribution in [0.5, 0.6) is 0 Å². The van der Waals surface area contributed by atoms with Gasteiger partial charge in [0.15, 0.2) is 0 Å². The quantitative estimate of drug-likeness (QED) is 0.829. The Morgan fingerprint density at radius 1 is 1.22 bits per heavy atom. The van der Waals surface area contributed by atoms with Crippen LogP contribution in [0, 0.1) is 6.92 Å². The van der Waals surface area contributed by atoms with Gasteiger partial charge in [0.25, 0.3) is 0 Å². The first-order chi connectivity index (χ1) is 10.5. The van der Waals surface area contributed by atoms with E-state index in [1.54, 1.807) is 13.8 Å². The Hall–Kier alpha value is -1.40. The standard InChI is InChI=1S/C17H28N2O3S/c1-12(2)15-9-7-8-14(5)17(15)18-16(20)10-11-19(13(3)4)23(6,21)22/h7-9,12-13H,10-11H2,1-6H3,(H,18,20). The Morgan fingerprint density at radius 3 is 2.30 bits per heavy atom. The van der Waals surface area contributed by atoms with Gasteiger partial charge in [0.1, 0.15) is 0 Å². The number of para-hydroxylation sites is 1. The Balaban J connectivity index is 2.82. The van der Waals surface area contributed by atoms with E-state index in [0.29, 0.717) is 5.92 Å². The summed E-state index contributed by atoms with van der Waals surface area (Å²) in [5, 5.41) is 2.95. The molecule has 6 heteroatoms. The van der Waals surface area contributed by atoms with Gasteiger partial charge in [0, 0.05) is 24.7 Å². The summed E-state index contributed by atoms with van der Waals surface area (Å²) >= 11 is 0. The summed E-state index contributed by atoms with van der Waals surface area (Å²) in [6, 6.07) is 5.77. The predicted octanol–water partition coefficient (Wildman–Crippen LogP) is 3.12. The number of sulfonamides is 1. The number of amides is 1. The number of carbonyl (C=O) groups excluding carboxylic acids is 1. The van der Waals surface area contributed by atoms with Gasteiger partial charge in [-0.15, -0.1) is 0 Å². The van der Waals surface area contributed by atoms with Crippen molar-refractivity contribution in [2.75, 3.05) is 18.1 Å². The molecule has 1 N–H and O–H groups in total. The van der Waals surface area contributed by atoms with E-state index in [2.05, 4.69) is 19.2 Å². The molecule has 0 unspecified atom stereocenters. The first kappa shape index (κ1) is 19.6. The molecule has 0 aliphatic heterocycles. The number of rotatable bonds is 7. The van der Waals surface area contributed by atoms with Crippen LogP contribution in [-0.4, -0.2) is 37.5 Å². The van der Waals surface area contributed by atoms with E-state index in [0.717, 1.165) is 16.8 Å². The summed E-state index contributed by atoms with van der Waals surface area (Å²) in [6.45, 7) is 9.90. The Kier molecular flexibility index (Phi) is 6.77. The van der Waals surface area contributed by atoms with Crippen LogP contribution in [0.25, 0.3) is 0 Å². The lowest BCUT2D eigenvalue weighted by molar-refractivity contribution is -0.116. The first-order valence-electron chi connectivity index (χ1n) is 7.90. The summed E-state index contributed by atoms with van der Waals surface area (Å²) in [5.74, 6) is 0.129. The van der Waals surface area contributed by atoms with Gasteiger partial charge in [-0.1, -0.05) is 32.0 Å². The number of nitrogens with zero attached hydrogens (tertiary/aromatic N) is 1. The highest BCUT2D eigenvalue weighted by molar-refractivity contribution is 7.88. The van der Waals surface area contributed by atoms with Gasteiger partial charge in [0.05, 0.1) is 6.26 Å². The van der Waals surface area contributed by atoms with Gasteiger partial charge in [-0.2, -0.15) is 4.31 Å². The number of carbonyl (C=O) groups is 1. The van der Waals surface area contributed by atoms with Crippen molar-refractivity contribution < 1.29 is 13.2 Å². The summed E-state index contributed by atoms with van der Waals surface area (Å²) in [4.78, 5) is 12.3. The van der Waals surface area contributed by atoms with Crippen molar-refractivity contribution in [3.8, 4) is 0 Å². The molecule has 0 saturated heterocycles. The Labute approximate surface area is 140 Å². The number of aryl methyl sites for hydroxylation is 1. The summed E-state index contributed by atoms with van der Waals surface area (Å²) in [7, 11) is -3.31. The fourth-order valence-electron chi connectivity index (χ4n) is 2.56. The molecule has 0 saturated carbocycles. The zero-order valence-electron chi connectivity index (χ0n) is 14.9. The molecular formula is C17H28N2O3S. The Morgan fingerprint density at radius 2 is 1.83 bits per heavy atom. The molecule has 0 aliphatic carbocycles. The maximum Gasteiger partial charge on any atom is 0.225 e. The third-order valence-electron chi connectivity index (χ3n) is 3.75. The van der Waals surface area contributed by atoms with E-state index in [4.69, 9.17) is 0 Å². The maximum absolute atomic E-state index is 12.3. The van der Waals surface area contributed by atoms with Crippen molar-refractivity contribution in [3.05, 3.63) is 29.3 Å². The lowest BCUT2D eigenvalue weighted by Crippen LogP contribution is -2.38. The van der Waals surface area contributed by atoms with Crippen LogP contribution in [0.4, 0.5) is 5.69 Å². The molecule has 0 bridgehead atoms. The molecule has 130 valence electrons. The summed E-state index contributed by atoms with van der Waals surface area (Å²) in [6.07, 6.45) is 1.31. The highest BCUT2D eigenvalue weighted by atomic mass is 32.2. The number of benzene rings is 1. The lowest BCUT2D eigenvalue weighted by atomic mass is 9.98. The molecule has 0 aliphatic rings. The van der Waals surface area contributed by atoms with Gasteiger partial charge >= 0.3 is 0 Å². The minimum atomic E-state index is -3.31. The van der Waals surface area contributed by atoms with E-state index >= 15 is 0 Å². The molecule has 1 aromatic carbocycles. The number of nitrogens with one attached hydrogen (secondary N) is 1. The molecule has 1 rings (SSSR count). The fourth-order valence-corrected chi connectivity index (χ4v) is 3.75. The zero-order chi connectivity index (χ0) is 17.8. The molecule has 0 radical (unpaired) electrons. The summed E-state index contributed by atoms with van der Waals surface area (Å²) < 4.78 is 24.8. The van der Waals surface area contributed by atoms with Crippen LogP contribution in [0.15, 0.2) is 18.2 Å². The molecule has 1 amide bonds. The van der Waals surface area contributed by atoms with Gasteiger partial charge in [-0.25, -0.2) is 8.42 Å². The van der Waals surface area contributed by atoms with E-state index in [1.165, 1.54) is 10.6 Å². The van der Waals surface area contributed by atoms with Crippen molar-refractivity contribution in [3.63, 3.8) is 0 Å². The summed E-state index contributed by atoms with van der Waals surface area (Å²) in [5.41, 5.74) is 2.93. The third-order valence-corrected chi connectivity index (χ3v) is 5.21. The monoisotopic (exact) mass is 340 g/mol. The van der Waals surface area contributed by atoms with E-state index < -0.39 is 10.0 Å². The van der Waals surface area contributed by atoms with Crippen molar-refractivity contribution in [2.24, 2.45) is 0 Å². The van der Waals surface area contributed by atoms with E-state index in [9.17, 15) is 13.2 Å². The van der Waals surface area contributed by atoms with Gasteiger partial charge in [-0.05, 0) is 37.8 Å². The minimum Gasteiger partial charge on any atom is -0.326 e. The second-order valence-electron chi connectivity index (χ2n) is 6.46. The van der Waals surface area contributed by atoms with Crippen LogP contribution in [0.2, 0.25) is 0 Å². The van der Waals surface area contributed by atoms with Crippen molar-refractivity contribution in [2.45, 2.75) is 53.0 Å². The Bertz CT molecular complexity index is 652. The molecular weight excluding hydrogens is 312 g/mol. The van der Waals surface area contributed by atoms with Crippen LogP contribution in [0.3, 0.4) is 0 Å². The fraction of sp³-hybridized carbons (Fsp3) is 0.588. The largest absolute Gasteiger partial charge is 0.326 e. The van der Waals surface area contributed by atoms with Crippen LogP contribution in [-0.2, 0) is 14.8 Å². The van der Waals surface area contributed by atoms with E-state index in [-0.39, 0.29) is 24.9 Å². The SMILES string of the molecule is Cc1cccc(C(C)C)c1NC(=O)CCN(C(C)C)S(C)(=O)=O. The van der Waals surface area contributed by atoms with Gasteiger partial charge < -0.3 is 5.32 Å². The van der Waals surface area contributed by atoms with Crippen molar-refractivity contribution in [1.82, 2.24) is 4.31 Å². The van der Waals surface area contributed by atoms with Gasteiger partial charge in [0.2, 0.25) is 15.9 Å². The smallest absolute Gasteiger partial charge is 0.225 e. The average molecular weight is 340 g/mol. The second kappa shape index (κ2) is 7.93. The number of hydrogen-bond acceptors (Lipinski definition) is 3. The molecule has 0 fully saturated rings. The molecule has 0 heterocycles. The van der Waals surface area contributed by atoms with Crippen molar-refractivity contribution in [1.29, 1.82) is 0 Å². The highest BCUT2D eigenvalue weighted by Crippen LogP contribution is 2.27. The second-order valence-corrected chi connectivity index (χ2v) is 8.39. The minimum absolute atomic E-state index is 0.136. The van der Waals surface area contributed by atoms with Crippen molar-refractivity contribution >= 4 is 21.6 Å². The topological polar surface area (TPSA) is 66.5 Å². The first-order valence-corrected chi connectivity index (χ1v) is 9.75. The predicted molar refractivity (Wildman–Crippen MR) is 95.2 cm³/mol. The maximum atomic E-state index is 12.3. The normalized spacial score (nSPS) is 12.2. The van der Waals surface area contributed by atoms with Gasteiger partial charge in [-0.3, -0.25) is 4.79 Å². The molecule has 1 aromatic rings. The highest BCUT2D eigenvalue weighted by Gasteiger charge is 2.21. The molecule has 23 heavy (non-hydrogen) atoms. The number of anilines is 1. The molecule has 0 spiro atoms. The lowest BCUT2D eigenvalue weighted by Gasteiger charge is -2.24. The molecule has 5 nitrogen and oxygen atoms in total.